The first kappa shape index (κ1) is 10.6. The van der Waals surface area contributed by atoms with Crippen LogP contribution in [0.15, 0.2) is 0 Å². The van der Waals surface area contributed by atoms with Crippen molar-refractivity contribution in [1.29, 1.82) is 0 Å². The lowest BCUT2D eigenvalue weighted by Gasteiger charge is -2.12. The molecular formula is C9H11NO2. The highest BCUT2D eigenvalue weighted by atomic mass is 16.4. The minimum absolute atomic E-state index is 0.0567. The molecule has 0 bridgehead atoms. The quantitative estimate of drug-likeness (QED) is 0.597. The lowest BCUT2D eigenvalue weighted by atomic mass is 10.4. The van der Waals surface area contributed by atoms with Crippen molar-refractivity contribution in [2.45, 2.75) is 6.92 Å². The summed E-state index contributed by atoms with van der Waals surface area (Å²) >= 11 is 0. The zero-order chi connectivity index (χ0) is 9.40. The number of hydrogen-bond acceptors (Lipinski definition) is 2. The van der Waals surface area contributed by atoms with Gasteiger partial charge in [0.25, 0.3) is 0 Å². The molecule has 0 rings (SSSR count). The molecule has 3 nitrogen and oxygen atoms in total. The molecule has 0 aromatic heterocycles. The molecule has 0 unspecified atom stereocenters. The predicted molar refractivity (Wildman–Crippen MR) is 46.4 cm³/mol. The molecule has 0 saturated carbocycles. The normalized spacial score (nSPS) is 8.42. The first-order valence-electron chi connectivity index (χ1n) is 3.48. The van der Waals surface area contributed by atoms with Crippen LogP contribution in [0.3, 0.4) is 0 Å². The molecule has 12 heavy (non-hydrogen) atoms. The molecule has 0 fully saturated rings. The zero-order valence-electron chi connectivity index (χ0n) is 7.00. The third kappa shape index (κ3) is 5.34. The van der Waals surface area contributed by atoms with E-state index in [-0.39, 0.29) is 6.54 Å². The van der Waals surface area contributed by atoms with Gasteiger partial charge in [0.15, 0.2) is 0 Å². The molecule has 0 aliphatic rings. The van der Waals surface area contributed by atoms with E-state index in [0.29, 0.717) is 13.1 Å². The van der Waals surface area contributed by atoms with Crippen molar-refractivity contribution in [1.82, 2.24) is 4.90 Å². The van der Waals surface area contributed by atoms with Gasteiger partial charge in [0, 0.05) is 0 Å². The molecule has 0 aromatic carbocycles. The van der Waals surface area contributed by atoms with Crippen LogP contribution in [0.5, 0.6) is 0 Å². The predicted octanol–water partition coefficient (Wildman–Crippen LogP) is 0.0295. The Balaban J connectivity index is 3.93. The zero-order valence-corrected chi connectivity index (χ0v) is 7.00. The fourth-order valence-electron chi connectivity index (χ4n) is 0.679. The van der Waals surface area contributed by atoms with Gasteiger partial charge in [0.1, 0.15) is 0 Å². The van der Waals surface area contributed by atoms with Gasteiger partial charge in [-0.2, -0.15) is 0 Å². The average Bonchev–Trinajstić information content (AvgIpc) is 2.00. The van der Waals surface area contributed by atoms with Gasteiger partial charge in [-0.15, -0.1) is 12.3 Å². The number of carboxylic acid groups (broad SMARTS) is 1. The first-order chi connectivity index (χ1) is 5.70. The van der Waals surface area contributed by atoms with Crippen molar-refractivity contribution in [3.8, 4) is 24.2 Å². The van der Waals surface area contributed by atoms with Crippen LogP contribution in [-0.2, 0) is 4.79 Å². The highest BCUT2D eigenvalue weighted by molar-refractivity contribution is 5.69. The lowest BCUT2D eigenvalue weighted by Crippen LogP contribution is -2.30. The van der Waals surface area contributed by atoms with Crippen LogP contribution in [0, 0.1) is 24.2 Å². The van der Waals surface area contributed by atoms with E-state index in [9.17, 15) is 4.79 Å². The lowest BCUT2D eigenvalue weighted by molar-refractivity contribution is -0.138. The summed E-state index contributed by atoms with van der Waals surface area (Å²) in [6.45, 7) is 2.38. The van der Waals surface area contributed by atoms with Gasteiger partial charge in [-0.3, -0.25) is 9.69 Å². The van der Waals surface area contributed by atoms with Crippen molar-refractivity contribution >= 4 is 5.97 Å². The summed E-state index contributed by atoms with van der Waals surface area (Å²) in [6.07, 6.45) is 5.04. The summed E-state index contributed by atoms with van der Waals surface area (Å²) in [5.74, 6) is 6.92. The number of terminal acetylenes is 1. The van der Waals surface area contributed by atoms with Crippen molar-refractivity contribution in [2.75, 3.05) is 19.6 Å². The third-order valence-corrected chi connectivity index (χ3v) is 1.15. The van der Waals surface area contributed by atoms with Crippen LogP contribution >= 0.6 is 0 Å². The van der Waals surface area contributed by atoms with Crippen LogP contribution in [0.1, 0.15) is 6.92 Å². The van der Waals surface area contributed by atoms with E-state index < -0.39 is 5.97 Å². The SMILES string of the molecule is C#CCN(CC#CC)CC(=O)O. The fourth-order valence-corrected chi connectivity index (χ4v) is 0.679. The van der Waals surface area contributed by atoms with E-state index in [1.807, 2.05) is 0 Å². The van der Waals surface area contributed by atoms with Crippen molar-refractivity contribution in [2.24, 2.45) is 0 Å². The molecule has 64 valence electrons. The molecule has 0 spiro atoms. The summed E-state index contributed by atoms with van der Waals surface area (Å²) in [7, 11) is 0. The van der Waals surface area contributed by atoms with Gasteiger partial charge in [-0.25, -0.2) is 0 Å². The number of aliphatic carboxylic acids is 1. The van der Waals surface area contributed by atoms with Gasteiger partial charge < -0.3 is 5.11 Å². The monoisotopic (exact) mass is 165 g/mol. The number of hydrogen-bond donors (Lipinski definition) is 1. The maximum atomic E-state index is 10.3. The summed E-state index contributed by atoms with van der Waals surface area (Å²) in [4.78, 5) is 11.9. The molecular weight excluding hydrogens is 154 g/mol. The van der Waals surface area contributed by atoms with Gasteiger partial charge in [-0.1, -0.05) is 11.8 Å². The van der Waals surface area contributed by atoms with Crippen LogP contribution < -0.4 is 0 Å². The summed E-state index contributed by atoms with van der Waals surface area (Å²) in [6, 6.07) is 0. The maximum Gasteiger partial charge on any atom is 0.317 e. The van der Waals surface area contributed by atoms with E-state index in [0.717, 1.165) is 0 Å². The minimum Gasteiger partial charge on any atom is -0.480 e. The Kier molecular flexibility index (Phi) is 5.51. The summed E-state index contributed by atoms with van der Waals surface area (Å²) < 4.78 is 0. The highest BCUT2D eigenvalue weighted by Crippen LogP contribution is 1.85. The Morgan fingerprint density at radius 2 is 2.25 bits per heavy atom. The topological polar surface area (TPSA) is 40.5 Å². The van der Waals surface area contributed by atoms with E-state index in [1.54, 1.807) is 11.8 Å². The largest absolute Gasteiger partial charge is 0.480 e. The molecule has 3 heteroatoms. The second-order valence-electron chi connectivity index (χ2n) is 2.17. The number of nitrogens with zero attached hydrogens (tertiary/aromatic N) is 1. The van der Waals surface area contributed by atoms with Crippen LogP contribution in [0.2, 0.25) is 0 Å². The third-order valence-electron chi connectivity index (χ3n) is 1.15. The second-order valence-corrected chi connectivity index (χ2v) is 2.17. The molecule has 0 saturated heterocycles. The second kappa shape index (κ2) is 6.27. The molecule has 0 heterocycles. The number of rotatable bonds is 4. The Labute approximate surface area is 72.4 Å². The standard InChI is InChI=1S/C9H11NO2/c1-3-5-7-10(6-4-2)8-9(11)12/h2H,6-8H2,1H3,(H,11,12). The van der Waals surface area contributed by atoms with Crippen molar-refractivity contribution < 1.29 is 9.90 Å². The highest BCUT2D eigenvalue weighted by Gasteiger charge is 2.05. The van der Waals surface area contributed by atoms with Crippen molar-refractivity contribution in [3.63, 3.8) is 0 Å². The minimum atomic E-state index is -0.886. The van der Waals surface area contributed by atoms with E-state index in [4.69, 9.17) is 11.5 Å². The maximum absolute atomic E-state index is 10.3. The first-order valence-corrected chi connectivity index (χ1v) is 3.48. The molecule has 0 aliphatic heterocycles. The molecule has 0 aromatic rings. The van der Waals surface area contributed by atoms with Crippen LogP contribution in [0.25, 0.3) is 0 Å². The van der Waals surface area contributed by atoms with E-state index in [1.165, 1.54) is 0 Å². The van der Waals surface area contributed by atoms with Crippen molar-refractivity contribution in [3.05, 3.63) is 0 Å². The molecule has 0 aliphatic carbocycles. The Hall–Kier alpha value is -1.45. The van der Waals surface area contributed by atoms with Gasteiger partial charge in [0.05, 0.1) is 19.6 Å². The molecule has 1 N–H and O–H groups in total. The van der Waals surface area contributed by atoms with Gasteiger partial charge >= 0.3 is 5.97 Å². The van der Waals surface area contributed by atoms with Gasteiger partial charge in [-0.05, 0) is 6.92 Å². The molecule has 0 atom stereocenters. The Morgan fingerprint density at radius 3 is 2.67 bits per heavy atom. The van der Waals surface area contributed by atoms with E-state index >= 15 is 0 Å². The van der Waals surface area contributed by atoms with E-state index in [2.05, 4.69) is 17.8 Å². The molecule has 0 amide bonds. The summed E-state index contributed by atoms with van der Waals surface area (Å²) in [5.41, 5.74) is 0. The average molecular weight is 165 g/mol. The smallest absolute Gasteiger partial charge is 0.317 e. The number of carbonyl (C=O) groups is 1. The van der Waals surface area contributed by atoms with Crippen LogP contribution in [-0.4, -0.2) is 35.6 Å². The Morgan fingerprint density at radius 1 is 1.58 bits per heavy atom. The Bertz CT molecular complexity index is 241. The summed E-state index contributed by atoms with van der Waals surface area (Å²) in [5, 5.41) is 8.45. The fraction of sp³-hybridized carbons (Fsp3) is 0.444. The molecule has 0 radical (unpaired) electrons. The van der Waals surface area contributed by atoms with Gasteiger partial charge in [0.2, 0.25) is 0 Å². The van der Waals surface area contributed by atoms with Crippen LogP contribution in [0.4, 0.5) is 0 Å². The number of carboxylic acids is 1.